The second-order valence-electron chi connectivity index (χ2n) is 8.61. The lowest BCUT2D eigenvalue weighted by Gasteiger charge is -2.24. The number of sulfone groups is 1. The van der Waals surface area contributed by atoms with Gasteiger partial charge in [0, 0.05) is 13.0 Å². The van der Waals surface area contributed by atoms with Crippen molar-refractivity contribution >= 4 is 9.84 Å². The molecular formula is C30H30O3S. The largest absolute Gasteiger partial charge is 0.384 e. The van der Waals surface area contributed by atoms with Crippen molar-refractivity contribution in [2.24, 2.45) is 0 Å². The number of methoxy groups -OCH3 is 1. The number of rotatable bonds is 9. The Labute approximate surface area is 203 Å². The molecule has 4 aromatic rings. The van der Waals surface area contributed by atoms with Crippen molar-refractivity contribution in [1.29, 1.82) is 0 Å². The summed E-state index contributed by atoms with van der Waals surface area (Å²) in [6, 6.07) is 34.8. The first-order valence-corrected chi connectivity index (χ1v) is 13.0. The first kappa shape index (κ1) is 23.9. The zero-order chi connectivity index (χ0) is 24.0. The van der Waals surface area contributed by atoms with Crippen LogP contribution in [0.2, 0.25) is 0 Å². The summed E-state index contributed by atoms with van der Waals surface area (Å²) >= 11 is 0. The maximum atomic E-state index is 14.1. The van der Waals surface area contributed by atoms with Crippen LogP contribution in [0.3, 0.4) is 0 Å². The van der Waals surface area contributed by atoms with Crippen LogP contribution < -0.4 is 0 Å². The molecule has 2 atom stereocenters. The summed E-state index contributed by atoms with van der Waals surface area (Å²) in [6.45, 7) is 2.51. The molecule has 0 saturated carbocycles. The molecule has 0 spiro atoms. The topological polar surface area (TPSA) is 43.4 Å². The average Bonchev–Trinajstić information content (AvgIpc) is 2.86. The van der Waals surface area contributed by atoms with Crippen molar-refractivity contribution in [2.75, 3.05) is 13.7 Å². The van der Waals surface area contributed by atoms with E-state index < -0.39 is 15.1 Å². The van der Waals surface area contributed by atoms with Crippen molar-refractivity contribution in [3.63, 3.8) is 0 Å². The number of hydrogen-bond acceptors (Lipinski definition) is 3. The maximum Gasteiger partial charge on any atom is 0.189 e. The normalized spacial score (nSPS) is 13.4. The fraction of sp³-hybridized carbons (Fsp3) is 0.200. The summed E-state index contributed by atoms with van der Waals surface area (Å²) in [5.74, 6) is 0.117. The van der Waals surface area contributed by atoms with Crippen LogP contribution in [-0.4, -0.2) is 22.1 Å². The van der Waals surface area contributed by atoms with Crippen LogP contribution in [0.15, 0.2) is 114 Å². The zero-order valence-electron chi connectivity index (χ0n) is 19.6. The van der Waals surface area contributed by atoms with Gasteiger partial charge < -0.3 is 4.74 Å². The van der Waals surface area contributed by atoms with Crippen molar-refractivity contribution in [3.05, 3.63) is 137 Å². The van der Waals surface area contributed by atoms with Gasteiger partial charge in [0.25, 0.3) is 0 Å². The quantitative estimate of drug-likeness (QED) is 0.279. The molecule has 0 radical (unpaired) electrons. The molecule has 1 unspecified atom stereocenters. The molecule has 0 fully saturated rings. The molecular weight excluding hydrogens is 440 g/mol. The van der Waals surface area contributed by atoms with Gasteiger partial charge in [-0.15, -0.1) is 0 Å². The molecule has 0 bridgehead atoms. The first-order chi connectivity index (χ1) is 16.5. The standard InChI is InChI=1S/C30H30O3S/c1-23-17-19-28(20-18-23)34(31,32)30(25-13-7-4-8-14-25)29-16-10-9-15-26(29)21-27(22-33-2)24-11-5-3-6-12-24/h3-20,27,30H,21-22H2,1-2H3/t27-,30?/m1/s1. The Morgan fingerprint density at radius 3 is 1.88 bits per heavy atom. The van der Waals surface area contributed by atoms with E-state index in [1.165, 1.54) is 5.56 Å². The van der Waals surface area contributed by atoms with Crippen LogP contribution >= 0.6 is 0 Å². The van der Waals surface area contributed by atoms with Crippen LogP contribution in [0.1, 0.15) is 39.0 Å². The van der Waals surface area contributed by atoms with Crippen LogP contribution in [0, 0.1) is 6.92 Å². The first-order valence-electron chi connectivity index (χ1n) is 11.5. The Hall–Kier alpha value is -3.21. The van der Waals surface area contributed by atoms with Crippen LogP contribution in [0.5, 0.6) is 0 Å². The van der Waals surface area contributed by atoms with Crippen molar-refractivity contribution in [1.82, 2.24) is 0 Å². The minimum absolute atomic E-state index is 0.117. The summed E-state index contributed by atoms with van der Waals surface area (Å²) in [5.41, 5.74) is 4.79. The van der Waals surface area contributed by atoms with Gasteiger partial charge in [0.1, 0.15) is 5.25 Å². The van der Waals surface area contributed by atoms with Gasteiger partial charge in [0.05, 0.1) is 11.5 Å². The van der Waals surface area contributed by atoms with Crippen LogP contribution in [0.25, 0.3) is 0 Å². The van der Waals surface area contributed by atoms with E-state index in [-0.39, 0.29) is 5.92 Å². The lowest BCUT2D eigenvalue weighted by atomic mass is 9.88. The SMILES string of the molecule is COC[C@@H](Cc1ccccc1C(c1ccccc1)S(=O)(=O)c1ccc(C)cc1)c1ccccc1. The summed E-state index contributed by atoms with van der Waals surface area (Å²) < 4.78 is 33.7. The van der Waals surface area contributed by atoms with Crippen LogP contribution in [0.4, 0.5) is 0 Å². The number of hydrogen-bond donors (Lipinski definition) is 0. The molecule has 4 rings (SSSR count). The lowest BCUT2D eigenvalue weighted by molar-refractivity contribution is 0.179. The zero-order valence-corrected chi connectivity index (χ0v) is 20.4. The molecule has 0 N–H and O–H groups in total. The Balaban J connectivity index is 1.83. The van der Waals surface area contributed by atoms with Crippen molar-refractivity contribution in [2.45, 2.75) is 29.4 Å². The van der Waals surface area contributed by atoms with Gasteiger partial charge in [-0.2, -0.15) is 0 Å². The van der Waals surface area contributed by atoms with Gasteiger partial charge in [-0.1, -0.05) is 103 Å². The molecule has 0 aliphatic carbocycles. The molecule has 174 valence electrons. The average molecular weight is 471 g/mol. The van der Waals surface area contributed by atoms with Gasteiger partial charge in [0.2, 0.25) is 0 Å². The van der Waals surface area contributed by atoms with Crippen molar-refractivity contribution in [3.8, 4) is 0 Å². The third-order valence-corrected chi connectivity index (χ3v) is 8.28. The van der Waals surface area contributed by atoms with E-state index in [1.54, 1.807) is 19.2 Å². The molecule has 4 aromatic carbocycles. The Morgan fingerprint density at radius 1 is 0.706 bits per heavy atom. The van der Waals surface area contributed by atoms with E-state index in [4.69, 9.17) is 4.74 Å². The highest BCUT2D eigenvalue weighted by Gasteiger charge is 2.32. The van der Waals surface area contributed by atoms with E-state index in [2.05, 4.69) is 12.1 Å². The molecule has 34 heavy (non-hydrogen) atoms. The molecule has 0 heterocycles. The van der Waals surface area contributed by atoms with Gasteiger partial charge in [-0.05, 0) is 47.7 Å². The summed E-state index contributed by atoms with van der Waals surface area (Å²) in [6.07, 6.45) is 0.681. The maximum absolute atomic E-state index is 14.1. The minimum Gasteiger partial charge on any atom is -0.384 e. The molecule has 0 aliphatic heterocycles. The van der Waals surface area contributed by atoms with Gasteiger partial charge >= 0.3 is 0 Å². The lowest BCUT2D eigenvalue weighted by Crippen LogP contribution is -2.18. The molecule has 0 saturated heterocycles. The number of benzene rings is 4. The Kier molecular flexibility index (Phi) is 7.61. The third kappa shape index (κ3) is 5.30. The highest BCUT2D eigenvalue weighted by atomic mass is 32.2. The van der Waals surface area contributed by atoms with Crippen molar-refractivity contribution < 1.29 is 13.2 Å². The van der Waals surface area contributed by atoms with E-state index in [0.29, 0.717) is 17.9 Å². The molecule has 0 aromatic heterocycles. The smallest absolute Gasteiger partial charge is 0.189 e. The highest BCUT2D eigenvalue weighted by molar-refractivity contribution is 7.92. The number of aryl methyl sites for hydroxylation is 1. The molecule has 0 amide bonds. The van der Waals surface area contributed by atoms with E-state index in [0.717, 1.165) is 22.3 Å². The summed E-state index contributed by atoms with van der Waals surface area (Å²) in [5, 5.41) is -0.799. The Bertz CT molecular complexity index is 1300. The van der Waals surface area contributed by atoms with E-state index in [9.17, 15) is 8.42 Å². The van der Waals surface area contributed by atoms with Crippen LogP contribution in [-0.2, 0) is 21.0 Å². The Morgan fingerprint density at radius 2 is 1.26 bits per heavy atom. The highest BCUT2D eigenvalue weighted by Crippen LogP contribution is 2.38. The van der Waals surface area contributed by atoms with Gasteiger partial charge in [0.15, 0.2) is 9.84 Å². The molecule has 0 aliphatic rings. The predicted molar refractivity (Wildman–Crippen MR) is 138 cm³/mol. The summed E-state index contributed by atoms with van der Waals surface area (Å²) in [4.78, 5) is 0.332. The predicted octanol–water partition coefficient (Wildman–Crippen LogP) is 6.53. The van der Waals surface area contributed by atoms with Gasteiger partial charge in [-0.3, -0.25) is 0 Å². The fourth-order valence-corrected chi connectivity index (χ4v) is 6.33. The molecule has 4 heteroatoms. The third-order valence-electron chi connectivity index (χ3n) is 6.20. The fourth-order valence-electron chi connectivity index (χ4n) is 4.46. The number of ether oxygens (including phenoxy) is 1. The van der Waals surface area contributed by atoms with E-state index >= 15 is 0 Å². The monoisotopic (exact) mass is 470 g/mol. The second kappa shape index (κ2) is 10.8. The van der Waals surface area contributed by atoms with Gasteiger partial charge in [-0.25, -0.2) is 8.42 Å². The molecule has 3 nitrogen and oxygen atoms in total. The minimum atomic E-state index is -3.69. The summed E-state index contributed by atoms with van der Waals surface area (Å²) in [7, 11) is -1.99. The van der Waals surface area contributed by atoms with E-state index in [1.807, 2.05) is 91.9 Å². The second-order valence-corrected chi connectivity index (χ2v) is 10.6.